The number of guanidine groups is 1. The van der Waals surface area contributed by atoms with Crippen molar-refractivity contribution in [3.05, 3.63) is 89.5 Å². The molecule has 4 rings (SSSR count). The van der Waals surface area contributed by atoms with Crippen molar-refractivity contribution in [2.45, 2.75) is 58.5 Å². The van der Waals surface area contributed by atoms with Gasteiger partial charge in [-0.1, -0.05) is 69.3 Å². The lowest BCUT2D eigenvalue weighted by Gasteiger charge is -2.26. The summed E-state index contributed by atoms with van der Waals surface area (Å²) in [6, 6.07) is 22.9. The van der Waals surface area contributed by atoms with E-state index in [9.17, 15) is 9.59 Å². The highest BCUT2D eigenvalue weighted by Crippen LogP contribution is 2.31. The van der Waals surface area contributed by atoms with Gasteiger partial charge >= 0.3 is 11.9 Å². The van der Waals surface area contributed by atoms with Crippen molar-refractivity contribution in [3.63, 3.8) is 0 Å². The second-order valence-electron chi connectivity index (χ2n) is 11.5. The van der Waals surface area contributed by atoms with Crippen LogP contribution in [-0.2, 0) is 21.6 Å². The summed E-state index contributed by atoms with van der Waals surface area (Å²) in [5.74, 6) is 0.374. The summed E-state index contributed by atoms with van der Waals surface area (Å²) in [7, 11) is 0. The van der Waals surface area contributed by atoms with Gasteiger partial charge in [0, 0.05) is 6.54 Å². The third-order valence-corrected chi connectivity index (χ3v) is 7.43. The van der Waals surface area contributed by atoms with Crippen molar-refractivity contribution in [1.29, 1.82) is 0 Å². The van der Waals surface area contributed by atoms with Gasteiger partial charge in [-0.15, -0.1) is 12.4 Å². The minimum absolute atomic E-state index is 0. The van der Waals surface area contributed by atoms with Crippen LogP contribution < -0.4 is 16.2 Å². The second kappa shape index (κ2) is 14.2. The van der Waals surface area contributed by atoms with Crippen molar-refractivity contribution in [1.82, 2.24) is 0 Å². The molecule has 8 heteroatoms. The molecule has 0 amide bonds. The number of carbonyl (C=O) groups excluding carboxylic acids is 2. The van der Waals surface area contributed by atoms with Crippen LogP contribution in [0.2, 0.25) is 0 Å². The van der Waals surface area contributed by atoms with Gasteiger partial charge in [-0.2, -0.15) is 0 Å². The maximum absolute atomic E-state index is 12.7. The second-order valence-corrected chi connectivity index (χ2v) is 11.5. The molecule has 0 atom stereocenters. The number of ether oxygens (including phenoxy) is 2. The molecule has 4 N–H and O–H groups in total. The minimum atomic E-state index is -0.362. The molecule has 0 aromatic heterocycles. The van der Waals surface area contributed by atoms with Gasteiger partial charge in [0.05, 0.1) is 11.5 Å². The molecule has 1 saturated carbocycles. The molecule has 1 aliphatic rings. The normalized spacial score (nSPS) is 16.7. The van der Waals surface area contributed by atoms with E-state index in [1.54, 1.807) is 24.3 Å². The van der Waals surface area contributed by atoms with E-state index < -0.39 is 0 Å². The zero-order chi connectivity index (χ0) is 28.7. The number of carbonyl (C=O) groups is 2. The highest BCUT2D eigenvalue weighted by atomic mass is 35.5. The summed E-state index contributed by atoms with van der Waals surface area (Å²) in [6.45, 7) is 7.34. The molecular formula is C33H40ClN3O4. The number of rotatable bonds is 8. The van der Waals surface area contributed by atoms with Crippen LogP contribution in [0.15, 0.2) is 77.8 Å². The highest BCUT2D eigenvalue weighted by Gasteiger charge is 2.27. The Labute approximate surface area is 248 Å². The van der Waals surface area contributed by atoms with Gasteiger partial charge in [0.1, 0.15) is 12.4 Å². The molecule has 41 heavy (non-hydrogen) atoms. The van der Waals surface area contributed by atoms with Gasteiger partial charge in [0.25, 0.3) is 0 Å². The van der Waals surface area contributed by atoms with E-state index in [2.05, 4.69) is 37.9 Å². The largest absolute Gasteiger partial charge is 0.457 e. The first-order valence-electron chi connectivity index (χ1n) is 13.8. The monoisotopic (exact) mass is 577 g/mol. The lowest BCUT2D eigenvalue weighted by atomic mass is 9.82. The lowest BCUT2D eigenvalue weighted by Crippen LogP contribution is -2.28. The first-order valence-corrected chi connectivity index (χ1v) is 13.8. The van der Waals surface area contributed by atoms with Crippen molar-refractivity contribution < 1.29 is 19.1 Å². The fourth-order valence-electron chi connectivity index (χ4n) is 4.86. The van der Waals surface area contributed by atoms with Gasteiger partial charge in [-0.25, -0.2) is 4.79 Å². The van der Waals surface area contributed by atoms with E-state index in [1.165, 1.54) is 5.56 Å². The standard InChI is InChI=1S/C33H39N3O4.ClH/c1-33(2,3)28-16-6-23(7-17-28)21-39-30(37)26-12-10-24(11-13-26)25-14-18-29(19-15-25)40-31(38)27-8-4-22(5-9-27)20-36-32(34)35;/h6-7,10-19,22,27H,4-5,8-9,20-21H2,1-3H3,(H4,34,35,36);1H. The Hall–Kier alpha value is -3.84. The third-order valence-electron chi connectivity index (χ3n) is 7.43. The van der Waals surface area contributed by atoms with Crippen LogP contribution in [0.1, 0.15) is 67.9 Å². The predicted octanol–water partition coefficient (Wildman–Crippen LogP) is 6.42. The van der Waals surface area contributed by atoms with Crippen molar-refractivity contribution in [2.75, 3.05) is 6.54 Å². The number of nitrogens with two attached hydrogens (primary N) is 2. The molecule has 1 fully saturated rings. The Morgan fingerprint density at radius 1 is 0.829 bits per heavy atom. The van der Waals surface area contributed by atoms with Crippen LogP contribution in [0.25, 0.3) is 11.1 Å². The molecule has 0 unspecified atom stereocenters. The van der Waals surface area contributed by atoms with Crippen LogP contribution in [-0.4, -0.2) is 24.4 Å². The number of esters is 2. The van der Waals surface area contributed by atoms with Gasteiger partial charge in [-0.05, 0) is 83.5 Å². The molecule has 3 aromatic rings. The fourth-order valence-corrected chi connectivity index (χ4v) is 4.86. The van der Waals surface area contributed by atoms with Crippen LogP contribution >= 0.6 is 12.4 Å². The molecule has 0 radical (unpaired) electrons. The molecule has 218 valence electrons. The molecule has 0 heterocycles. The summed E-state index contributed by atoms with van der Waals surface area (Å²) in [6.07, 6.45) is 3.37. The van der Waals surface area contributed by atoms with Crippen LogP contribution in [0.4, 0.5) is 0 Å². The average molecular weight is 578 g/mol. The molecule has 3 aromatic carbocycles. The van der Waals surface area contributed by atoms with Gasteiger partial charge in [-0.3, -0.25) is 9.79 Å². The molecule has 0 bridgehead atoms. The summed E-state index contributed by atoms with van der Waals surface area (Å²) < 4.78 is 11.2. The number of nitrogens with zero attached hydrogens (tertiary/aromatic N) is 1. The summed E-state index contributed by atoms with van der Waals surface area (Å²) in [5, 5.41) is 0. The Bertz CT molecular complexity index is 1320. The van der Waals surface area contributed by atoms with Crippen LogP contribution in [0, 0.1) is 11.8 Å². The highest BCUT2D eigenvalue weighted by molar-refractivity contribution is 5.90. The van der Waals surface area contributed by atoms with E-state index in [-0.39, 0.29) is 48.2 Å². The quantitative estimate of drug-likeness (QED) is 0.138. The lowest BCUT2D eigenvalue weighted by molar-refractivity contribution is -0.140. The predicted molar refractivity (Wildman–Crippen MR) is 165 cm³/mol. The summed E-state index contributed by atoms with van der Waals surface area (Å²) in [5.41, 5.74) is 15.5. The van der Waals surface area contributed by atoms with Crippen molar-refractivity contribution >= 4 is 30.3 Å². The summed E-state index contributed by atoms with van der Waals surface area (Å²) >= 11 is 0. The molecule has 7 nitrogen and oxygen atoms in total. The van der Waals surface area contributed by atoms with E-state index in [0.717, 1.165) is 42.4 Å². The van der Waals surface area contributed by atoms with Gasteiger partial charge in [0.15, 0.2) is 5.96 Å². The van der Waals surface area contributed by atoms with Gasteiger partial charge in [0.2, 0.25) is 0 Å². The van der Waals surface area contributed by atoms with Crippen molar-refractivity contribution in [3.8, 4) is 16.9 Å². The first-order chi connectivity index (χ1) is 19.1. The zero-order valence-electron chi connectivity index (χ0n) is 24.0. The van der Waals surface area contributed by atoms with E-state index in [0.29, 0.717) is 23.8 Å². The van der Waals surface area contributed by atoms with E-state index in [1.807, 2.05) is 36.4 Å². The Morgan fingerprint density at radius 2 is 1.39 bits per heavy atom. The maximum atomic E-state index is 12.7. The molecular weight excluding hydrogens is 538 g/mol. The molecule has 0 saturated heterocycles. The van der Waals surface area contributed by atoms with E-state index in [4.69, 9.17) is 20.9 Å². The topological polar surface area (TPSA) is 117 Å². The van der Waals surface area contributed by atoms with Crippen LogP contribution in [0.5, 0.6) is 5.75 Å². The first kappa shape index (κ1) is 31.7. The SMILES string of the molecule is CC(C)(C)c1ccc(COC(=O)c2ccc(-c3ccc(OC(=O)C4CCC(CN=C(N)N)CC4)cc3)cc2)cc1.Cl. The Balaban J connectivity index is 0.00000462. The average Bonchev–Trinajstić information content (AvgIpc) is 2.95. The zero-order valence-corrected chi connectivity index (χ0v) is 24.8. The smallest absolute Gasteiger partial charge is 0.338 e. The minimum Gasteiger partial charge on any atom is -0.457 e. The van der Waals surface area contributed by atoms with Gasteiger partial charge < -0.3 is 20.9 Å². The molecule has 0 spiro atoms. The number of hydrogen-bond donors (Lipinski definition) is 2. The third kappa shape index (κ3) is 9.08. The summed E-state index contributed by atoms with van der Waals surface area (Å²) in [4.78, 5) is 29.3. The van der Waals surface area contributed by atoms with Crippen molar-refractivity contribution in [2.24, 2.45) is 28.3 Å². The van der Waals surface area contributed by atoms with Crippen LogP contribution in [0.3, 0.4) is 0 Å². The fraction of sp³-hybridized carbons (Fsp3) is 0.364. The van der Waals surface area contributed by atoms with E-state index >= 15 is 0 Å². The Kier molecular flexibility index (Phi) is 11.0. The Morgan fingerprint density at radius 3 is 1.93 bits per heavy atom. The maximum Gasteiger partial charge on any atom is 0.338 e. The number of hydrogen-bond acceptors (Lipinski definition) is 5. The number of benzene rings is 3. The number of halogens is 1. The molecule has 1 aliphatic carbocycles. The number of aliphatic imine (C=N–C) groups is 1. The molecule has 0 aliphatic heterocycles.